The lowest BCUT2D eigenvalue weighted by molar-refractivity contribution is -0.117. The van der Waals surface area contributed by atoms with E-state index < -0.39 is 6.04 Å². The van der Waals surface area contributed by atoms with Crippen molar-refractivity contribution in [3.05, 3.63) is 53.6 Å². The van der Waals surface area contributed by atoms with Gasteiger partial charge in [-0.2, -0.15) is 0 Å². The van der Waals surface area contributed by atoms with E-state index in [0.29, 0.717) is 17.9 Å². The zero-order valence-electron chi connectivity index (χ0n) is 13.2. The number of nitrogens with two attached hydrogens (primary N) is 1. The molecule has 1 unspecified atom stereocenters. The lowest BCUT2D eigenvalue weighted by Gasteiger charge is -2.12. The highest BCUT2D eigenvalue weighted by Gasteiger charge is 2.11. The van der Waals surface area contributed by atoms with Gasteiger partial charge in [-0.3, -0.25) is 4.79 Å². The maximum absolute atomic E-state index is 11.8. The average molecular weight is 298 g/mol. The Morgan fingerprint density at radius 2 is 1.86 bits per heavy atom. The van der Waals surface area contributed by atoms with Crippen molar-refractivity contribution in [2.45, 2.75) is 33.2 Å². The Kier molecular flexibility index (Phi) is 5.17. The Bertz CT molecular complexity index is 668. The number of rotatable bonds is 5. The summed E-state index contributed by atoms with van der Waals surface area (Å²) >= 11 is 0. The van der Waals surface area contributed by atoms with E-state index in [1.54, 1.807) is 6.07 Å². The summed E-state index contributed by atoms with van der Waals surface area (Å²) in [5, 5.41) is 2.80. The molecule has 4 heteroatoms. The Labute approximate surface area is 131 Å². The lowest BCUT2D eigenvalue weighted by Crippen LogP contribution is -2.34. The Morgan fingerprint density at radius 3 is 2.55 bits per heavy atom. The van der Waals surface area contributed by atoms with Crippen LogP contribution in [0.2, 0.25) is 0 Å². The molecule has 1 atom stereocenters. The number of ether oxygens (including phenoxy) is 1. The summed E-state index contributed by atoms with van der Waals surface area (Å²) in [5.41, 5.74) is 8.79. The largest absolute Gasteiger partial charge is 0.457 e. The quantitative estimate of drug-likeness (QED) is 0.883. The van der Waals surface area contributed by atoms with Crippen LogP contribution in [-0.2, 0) is 4.79 Å². The normalized spacial score (nSPS) is 11.8. The number of hydrogen-bond donors (Lipinski definition) is 2. The summed E-state index contributed by atoms with van der Waals surface area (Å²) < 4.78 is 5.84. The number of hydrogen-bond acceptors (Lipinski definition) is 3. The van der Waals surface area contributed by atoms with E-state index in [4.69, 9.17) is 10.5 Å². The molecule has 3 N–H and O–H groups in total. The summed E-state index contributed by atoms with van der Waals surface area (Å²) in [4.78, 5) is 11.8. The summed E-state index contributed by atoms with van der Waals surface area (Å²) in [6.07, 6.45) is 0.602. The van der Waals surface area contributed by atoms with Crippen LogP contribution in [0.5, 0.6) is 11.5 Å². The second-order valence-electron chi connectivity index (χ2n) is 5.38. The summed E-state index contributed by atoms with van der Waals surface area (Å²) in [5.74, 6) is 1.26. The van der Waals surface area contributed by atoms with Gasteiger partial charge in [0, 0.05) is 11.8 Å². The molecule has 0 bridgehead atoms. The van der Waals surface area contributed by atoms with E-state index >= 15 is 0 Å². The van der Waals surface area contributed by atoms with Gasteiger partial charge in [0.2, 0.25) is 5.91 Å². The summed E-state index contributed by atoms with van der Waals surface area (Å²) in [6.45, 7) is 5.99. The fourth-order valence-electron chi connectivity index (χ4n) is 1.97. The SMILES string of the molecule is CCC(N)C(=O)Nc1cccc(Oc2ccc(C)c(C)c2)c1. The van der Waals surface area contributed by atoms with Crippen molar-refractivity contribution in [2.75, 3.05) is 5.32 Å². The second kappa shape index (κ2) is 7.09. The molecule has 2 aromatic rings. The Hall–Kier alpha value is -2.33. The van der Waals surface area contributed by atoms with Gasteiger partial charge >= 0.3 is 0 Å². The predicted octanol–water partition coefficient (Wildman–Crippen LogP) is 3.77. The van der Waals surface area contributed by atoms with Gasteiger partial charge in [0.25, 0.3) is 0 Å². The number of anilines is 1. The van der Waals surface area contributed by atoms with Crippen LogP contribution in [0.15, 0.2) is 42.5 Å². The van der Waals surface area contributed by atoms with E-state index in [1.165, 1.54) is 11.1 Å². The first-order valence-electron chi connectivity index (χ1n) is 7.41. The van der Waals surface area contributed by atoms with E-state index in [2.05, 4.69) is 12.2 Å². The third kappa shape index (κ3) is 4.09. The van der Waals surface area contributed by atoms with E-state index in [0.717, 1.165) is 5.75 Å². The summed E-state index contributed by atoms with van der Waals surface area (Å²) in [6, 6.07) is 12.7. The van der Waals surface area contributed by atoms with Crippen molar-refractivity contribution in [3.63, 3.8) is 0 Å². The van der Waals surface area contributed by atoms with Gasteiger partial charge in [0.1, 0.15) is 11.5 Å². The first kappa shape index (κ1) is 16.0. The summed E-state index contributed by atoms with van der Waals surface area (Å²) in [7, 11) is 0. The van der Waals surface area contributed by atoms with Crippen LogP contribution in [0.1, 0.15) is 24.5 Å². The fourth-order valence-corrected chi connectivity index (χ4v) is 1.97. The van der Waals surface area contributed by atoms with E-state index in [1.807, 2.05) is 50.2 Å². The zero-order valence-corrected chi connectivity index (χ0v) is 13.2. The number of nitrogens with one attached hydrogen (secondary N) is 1. The smallest absolute Gasteiger partial charge is 0.241 e. The standard InChI is InChI=1S/C18H22N2O2/c1-4-17(19)18(21)20-14-6-5-7-15(11-14)22-16-9-8-12(2)13(3)10-16/h5-11,17H,4,19H2,1-3H3,(H,20,21). The molecule has 22 heavy (non-hydrogen) atoms. The Balaban J connectivity index is 2.11. The number of carbonyl (C=O) groups is 1. The molecule has 0 radical (unpaired) electrons. The van der Waals surface area contributed by atoms with Gasteiger partial charge in [-0.25, -0.2) is 0 Å². The van der Waals surface area contributed by atoms with Gasteiger partial charge < -0.3 is 15.8 Å². The van der Waals surface area contributed by atoms with Crippen molar-refractivity contribution in [3.8, 4) is 11.5 Å². The molecule has 0 heterocycles. The molecule has 116 valence electrons. The molecule has 1 amide bonds. The highest BCUT2D eigenvalue weighted by atomic mass is 16.5. The number of benzene rings is 2. The molecular formula is C18H22N2O2. The first-order chi connectivity index (χ1) is 10.5. The maximum Gasteiger partial charge on any atom is 0.241 e. The van der Waals surface area contributed by atoms with Crippen LogP contribution in [0.25, 0.3) is 0 Å². The predicted molar refractivity (Wildman–Crippen MR) is 89.3 cm³/mol. The Morgan fingerprint density at radius 1 is 1.14 bits per heavy atom. The van der Waals surface area contributed by atoms with Crippen LogP contribution < -0.4 is 15.8 Å². The minimum absolute atomic E-state index is 0.189. The third-order valence-corrected chi connectivity index (χ3v) is 3.59. The molecule has 2 rings (SSSR count). The first-order valence-corrected chi connectivity index (χ1v) is 7.41. The molecular weight excluding hydrogens is 276 g/mol. The number of carbonyl (C=O) groups excluding carboxylic acids is 1. The number of aryl methyl sites for hydroxylation is 2. The molecule has 0 aliphatic carbocycles. The minimum Gasteiger partial charge on any atom is -0.457 e. The van der Waals surface area contributed by atoms with E-state index in [9.17, 15) is 4.79 Å². The molecule has 0 aliphatic heterocycles. The third-order valence-electron chi connectivity index (χ3n) is 3.59. The van der Waals surface area contributed by atoms with Crippen LogP contribution in [0, 0.1) is 13.8 Å². The van der Waals surface area contributed by atoms with Crippen molar-refractivity contribution in [1.29, 1.82) is 0 Å². The highest BCUT2D eigenvalue weighted by molar-refractivity contribution is 5.94. The topological polar surface area (TPSA) is 64.4 Å². The molecule has 4 nitrogen and oxygen atoms in total. The fraction of sp³-hybridized carbons (Fsp3) is 0.278. The lowest BCUT2D eigenvalue weighted by atomic mass is 10.1. The van der Waals surface area contributed by atoms with Crippen LogP contribution >= 0.6 is 0 Å². The van der Waals surface area contributed by atoms with Crippen molar-refractivity contribution in [2.24, 2.45) is 5.73 Å². The van der Waals surface area contributed by atoms with Crippen molar-refractivity contribution < 1.29 is 9.53 Å². The molecule has 2 aromatic carbocycles. The van der Waals surface area contributed by atoms with Crippen molar-refractivity contribution in [1.82, 2.24) is 0 Å². The van der Waals surface area contributed by atoms with Crippen molar-refractivity contribution >= 4 is 11.6 Å². The van der Waals surface area contributed by atoms with Crippen LogP contribution in [0.3, 0.4) is 0 Å². The van der Waals surface area contributed by atoms with Gasteiger partial charge in [-0.1, -0.05) is 19.1 Å². The molecule has 0 fully saturated rings. The zero-order chi connectivity index (χ0) is 16.1. The van der Waals surface area contributed by atoms with E-state index in [-0.39, 0.29) is 5.91 Å². The van der Waals surface area contributed by atoms with Gasteiger partial charge in [0.15, 0.2) is 0 Å². The molecule has 0 spiro atoms. The number of amides is 1. The molecule has 0 saturated heterocycles. The van der Waals surface area contributed by atoms with Crippen LogP contribution in [-0.4, -0.2) is 11.9 Å². The average Bonchev–Trinajstić information content (AvgIpc) is 2.50. The van der Waals surface area contributed by atoms with Crippen LogP contribution in [0.4, 0.5) is 5.69 Å². The van der Waals surface area contributed by atoms with Gasteiger partial charge in [0.05, 0.1) is 6.04 Å². The molecule has 0 saturated carbocycles. The molecule has 0 aromatic heterocycles. The van der Waals surface area contributed by atoms with Gasteiger partial charge in [-0.05, 0) is 55.7 Å². The second-order valence-corrected chi connectivity index (χ2v) is 5.38. The highest BCUT2D eigenvalue weighted by Crippen LogP contribution is 2.25. The maximum atomic E-state index is 11.8. The molecule has 0 aliphatic rings. The van der Waals surface area contributed by atoms with Gasteiger partial charge in [-0.15, -0.1) is 0 Å². The monoisotopic (exact) mass is 298 g/mol. The minimum atomic E-state index is -0.496.